The fourth-order valence-electron chi connectivity index (χ4n) is 1.87. The Morgan fingerprint density at radius 1 is 1.33 bits per heavy atom. The lowest BCUT2D eigenvalue weighted by Crippen LogP contribution is -2.04. The fourth-order valence-corrected chi connectivity index (χ4v) is 1.87. The van der Waals surface area contributed by atoms with Crippen LogP contribution in [0.1, 0.15) is 50.2 Å². The van der Waals surface area contributed by atoms with Gasteiger partial charge in [-0.1, -0.05) is 32.3 Å². The second kappa shape index (κ2) is 7.50. The lowest BCUT2D eigenvalue weighted by molar-refractivity contribution is -0.118. The Bertz CT molecular complexity index is 446. The highest BCUT2D eigenvalue weighted by atomic mass is 16.3. The third kappa shape index (κ3) is 4.58. The van der Waals surface area contributed by atoms with Gasteiger partial charge in [0, 0.05) is 12.8 Å². The van der Waals surface area contributed by atoms with Crippen molar-refractivity contribution in [2.75, 3.05) is 0 Å². The standard InChI is InChI=1S/C15H19NO2/c1-2-3-4-5-6-14(17)9-12-7-8-15(18)10-13(12)11-16/h7-8,10,18H,2-6,9H2,1H3. The Balaban J connectivity index is 2.52. The van der Waals surface area contributed by atoms with E-state index in [1.807, 2.05) is 6.07 Å². The molecule has 0 atom stereocenters. The first-order valence-corrected chi connectivity index (χ1v) is 6.41. The zero-order valence-electron chi connectivity index (χ0n) is 10.8. The zero-order chi connectivity index (χ0) is 13.4. The van der Waals surface area contributed by atoms with Crippen molar-refractivity contribution in [3.05, 3.63) is 29.3 Å². The van der Waals surface area contributed by atoms with E-state index in [0.717, 1.165) is 25.7 Å². The molecule has 0 aromatic heterocycles. The first-order chi connectivity index (χ1) is 8.67. The van der Waals surface area contributed by atoms with Crippen LogP contribution in [-0.2, 0) is 11.2 Å². The minimum atomic E-state index is 0.0608. The smallest absolute Gasteiger partial charge is 0.137 e. The zero-order valence-corrected chi connectivity index (χ0v) is 10.8. The maximum absolute atomic E-state index is 11.8. The molecule has 1 aromatic carbocycles. The van der Waals surface area contributed by atoms with Crippen molar-refractivity contribution in [2.24, 2.45) is 0 Å². The molecule has 0 aliphatic rings. The van der Waals surface area contributed by atoms with E-state index in [-0.39, 0.29) is 18.0 Å². The van der Waals surface area contributed by atoms with Gasteiger partial charge in [-0.3, -0.25) is 4.79 Å². The Kier molecular flexibility index (Phi) is 5.93. The predicted octanol–water partition coefficient (Wildman–Crippen LogP) is 3.35. The lowest BCUT2D eigenvalue weighted by atomic mass is 10.00. The number of phenolic OH excluding ortho intramolecular Hbond substituents is 1. The molecule has 0 unspecified atom stereocenters. The molecule has 96 valence electrons. The molecule has 0 aliphatic heterocycles. The number of carbonyl (C=O) groups excluding carboxylic acids is 1. The van der Waals surface area contributed by atoms with E-state index in [1.165, 1.54) is 12.1 Å². The monoisotopic (exact) mass is 245 g/mol. The van der Waals surface area contributed by atoms with Crippen LogP contribution in [0.5, 0.6) is 5.75 Å². The second-order valence-corrected chi connectivity index (χ2v) is 4.48. The van der Waals surface area contributed by atoms with Gasteiger partial charge >= 0.3 is 0 Å². The summed E-state index contributed by atoms with van der Waals surface area (Å²) in [7, 11) is 0. The van der Waals surface area contributed by atoms with Crippen molar-refractivity contribution in [3.8, 4) is 11.8 Å². The number of phenols is 1. The van der Waals surface area contributed by atoms with Crippen molar-refractivity contribution in [1.29, 1.82) is 5.26 Å². The third-order valence-electron chi connectivity index (χ3n) is 2.91. The van der Waals surface area contributed by atoms with Crippen LogP contribution in [0.3, 0.4) is 0 Å². The van der Waals surface area contributed by atoms with Gasteiger partial charge in [0.25, 0.3) is 0 Å². The number of nitrogens with zero attached hydrogens (tertiary/aromatic N) is 1. The summed E-state index contributed by atoms with van der Waals surface area (Å²) in [6.45, 7) is 2.14. The average molecular weight is 245 g/mol. The van der Waals surface area contributed by atoms with Crippen LogP contribution in [0.4, 0.5) is 0 Å². The number of hydrogen-bond donors (Lipinski definition) is 1. The normalized spacial score (nSPS) is 10.0. The van der Waals surface area contributed by atoms with Crippen LogP contribution < -0.4 is 0 Å². The molecule has 0 saturated carbocycles. The molecule has 0 spiro atoms. The largest absolute Gasteiger partial charge is 0.508 e. The lowest BCUT2D eigenvalue weighted by Gasteiger charge is -2.04. The van der Waals surface area contributed by atoms with Gasteiger partial charge in [-0.25, -0.2) is 0 Å². The second-order valence-electron chi connectivity index (χ2n) is 4.48. The molecule has 0 heterocycles. The Labute approximate surface area is 108 Å². The fraction of sp³-hybridized carbons (Fsp3) is 0.467. The number of unbranched alkanes of at least 4 members (excludes halogenated alkanes) is 3. The topological polar surface area (TPSA) is 61.1 Å². The van der Waals surface area contributed by atoms with E-state index in [9.17, 15) is 9.90 Å². The number of Topliss-reactive ketones (excluding diaryl/α,β-unsaturated/α-hetero) is 1. The van der Waals surface area contributed by atoms with Gasteiger partial charge in [0.15, 0.2) is 0 Å². The van der Waals surface area contributed by atoms with E-state index in [4.69, 9.17) is 5.26 Å². The van der Waals surface area contributed by atoms with E-state index < -0.39 is 0 Å². The van der Waals surface area contributed by atoms with Gasteiger partial charge in [-0.15, -0.1) is 0 Å². The SMILES string of the molecule is CCCCCCC(=O)Cc1ccc(O)cc1C#N. The Morgan fingerprint density at radius 3 is 2.78 bits per heavy atom. The number of rotatable bonds is 7. The summed E-state index contributed by atoms with van der Waals surface area (Å²) in [6.07, 6.45) is 5.19. The molecule has 1 N–H and O–H groups in total. The van der Waals surface area contributed by atoms with E-state index >= 15 is 0 Å². The Morgan fingerprint density at radius 2 is 2.11 bits per heavy atom. The summed E-state index contributed by atoms with van der Waals surface area (Å²) in [5.74, 6) is 0.221. The molecule has 0 bridgehead atoms. The van der Waals surface area contributed by atoms with Crippen LogP contribution >= 0.6 is 0 Å². The molecule has 18 heavy (non-hydrogen) atoms. The van der Waals surface area contributed by atoms with Crippen LogP contribution in [0, 0.1) is 11.3 Å². The van der Waals surface area contributed by atoms with Gasteiger partial charge in [0.1, 0.15) is 11.5 Å². The molecule has 1 rings (SSSR count). The maximum atomic E-state index is 11.8. The van der Waals surface area contributed by atoms with E-state index in [1.54, 1.807) is 6.07 Å². The molecule has 3 nitrogen and oxygen atoms in total. The van der Waals surface area contributed by atoms with Gasteiger partial charge in [-0.2, -0.15) is 5.26 Å². The van der Waals surface area contributed by atoms with Crippen LogP contribution in [0.25, 0.3) is 0 Å². The number of ketones is 1. The summed E-state index contributed by atoms with van der Waals surface area (Å²) in [4.78, 5) is 11.8. The van der Waals surface area contributed by atoms with Crippen molar-refractivity contribution in [3.63, 3.8) is 0 Å². The van der Waals surface area contributed by atoms with Crippen molar-refractivity contribution < 1.29 is 9.90 Å². The minimum absolute atomic E-state index is 0.0608. The molecule has 0 amide bonds. The minimum Gasteiger partial charge on any atom is -0.508 e. The summed E-state index contributed by atoms with van der Waals surface area (Å²) < 4.78 is 0. The van der Waals surface area contributed by atoms with Crippen LogP contribution in [0.2, 0.25) is 0 Å². The van der Waals surface area contributed by atoms with Gasteiger partial charge in [-0.05, 0) is 24.1 Å². The summed E-state index contributed by atoms with van der Waals surface area (Å²) in [6, 6.07) is 6.57. The molecule has 0 radical (unpaired) electrons. The maximum Gasteiger partial charge on any atom is 0.137 e. The highest BCUT2D eigenvalue weighted by molar-refractivity contribution is 5.81. The third-order valence-corrected chi connectivity index (χ3v) is 2.91. The van der Waals surface area contributed by atoms with Crippen molar-refractivity contribution >= 4 is 5.78 Å². The number of hydrogen-bond acceptors (Lipinski definition) is 3. The molecular formula is C15H19NO2. The summed E-state index contributed by atoms with van der Waals surface area (Å²) in [5.41, 5.74) is 1.09. The summed E-state index contributed by atoms with van der Waals surface area (Å²) in [5, 5.41) is 18.2. The molecule has 3 heteroatoms. The van der Waals surface area contributed by atoms with Gasteiger partial charge in [0.05, 0.1) is 11.6 Å². The number of benzene rings is 1. The quantitative estimate of drug-likeness (QED) is 0.749. The molecule has 0 saturated heterocycles. The first kappa shape index (κ1) is 14.2. The van der Waals surface area contributed by atoms with Crippen LogP contribution in [-0.4, -0.2) is 10.9 Å². The van der Waals surface area contributed by atoms with Crippen molar-refractivity contribution in [2.45, 2.75) is 45.4 Å². The van der Waals surface area contributed by atoms with Gasteiger partial charge < -0.3 is 5.11 Å². The molecule has 1 aromatic rings. The average Bonchev–Trinajstić information content (AvgIpc) is 2.37. The van der Waals surface area contributed by atoms with Crippen LogP contribution in [0.15, 0.2) is 18.2 Å². The van der Waals surface area contributed by atoms with Crippen molar-refractivity contribution in [1.82, 2.24) is 0 Å². The van der Waals surface area contributed by atoms with Gasteiger partial charge in [0.2, 0.25) is 0 Å². The first-order valence-electron chi connectivity index (χ1n) is 6.41. The molecule has 0 fully saturated rings. The predicted molar refractivity (Wildman–Crippen MR) is 70.3 cm³/mol. The number of nitriles is 1. The molecule has 0 aliphatic carbocycles. The van der Waals surface area contributed by atoms with E-state index in [2.05, 4.69) is 6.92 Å². The van der Waals surface area contributed by atoms with E-state index in [0.29, 0.717) is 17.5 Å². The molecular weight excluding hydrogens is 226 g/mol. The summed E-state index contributed by atoms with van der Waals surface area (Å²) >= 11 is 0. The Hall–Kier alpha value is -1.82. The number of aromatic hydroxyl groups is 1. The number of carbonyl (C=O) groups is 1. The highest BCUT2D eigenvalue weighted by Gasteiger charge is 2.08. The highest BCUT2D eigenvalue weighted by Crippen LogP contribution is 2.17.